The van der Waals surface area contributed by atoms with Crippen LogP contribution in [0.1, 0.15) is 29.7 Å². The topological polar surface area (TPSA) is 31.4 Å². The summed E-state index contributed by atoms with van der Waals surface area (Å²) >= 11 is 5.78. The fourth-order valence-corrected chi connectivity index (χ4v) is 3.12. The third-order valence-electron chi connectivity index (χ3n) is 4.40. The Morgan fingerprint density at radius 1 is 1.12 bits per heavy atom. The first kappa shape index (κ1) is 19.3. The van der Waals surface area contributed by atoms with Crippen LogP contribution >= 0.6 is 12.2 Å². The van der Waals surface area contributed by atoms with Gasteiger partial charge in [-0.25, -0.2) is 0 Å². The average molecular weight is 357 g/mol. The number of thiocarbonyl (C=S) groups is 1. The number of nitrogens with zero attached hydrogens (tertiary/aromatic N) is 3. The minimum Gasteiger partial charge on any atom is -0.341 e. The third kappa shape index (κ3) is 5.25. The Morgan fingerprint density at radius 2 is 1.80 bits per heavy atom. The Labute approximate surface area is 156 Å². The largest absolute Gasteiger partial charge is 0.341 e. The monoisotopic (exact) mass is 356 g/mol. The van der Waals surface area contributed by atoms with Crippen molar-refractivity contribution in [2.45, 2.75) is 26.8 Å². The van der Waals surface area contributed by atoms with Gasteiger partial charge in [-0.3, -0.25) is 4.98 Å². The standard InChI is InChI=1S/C20H28N4S/c1-15-8-6-9-16(2)19(15)22-20(25)24(13-12-23(4)5)17(3)18-10-7-11-21-14-18/h6-11,14,17H,12-13H2,1-5H3,(H,22,25)/t17-/m1/s1. The van der Waals surface area contributed by atoms with Gasteiger partial charge in [0, 0.05) is 31.2 Å². The van der Waals surface area contributed by atoms with Crippen molar-refractivity contribution in [2.24, 2.45) is 0 Å². The van der Waals surface area contributed by atoms with Gasteiger partial charge < -0.3 is 15.1 Å². The van der Waals surface area contributed by atoms with Crippen LogP contribution in [0, 0.1) is 13.8 Å². The molecule has 0 fully saturated rings. The van der Waals surface area contributed by atoms with Gasteiger partial charge in [0.1, 0.15) is 0 Å². The summed E-state index contributed by atoms with van der Waals surface area (Å²) in [6, 6.07) is 10.5. The Hall–Kier alpha value is -1.98. The third-order valence-corrected chi connectivity index (χ3v) is 4.73. The molecule has 5 heteroatoms. The van der Waals surface area contributed by atoms with Crippen LogP contribution in [0.5, 0.6) is 0 Å². The SMILES string of the molecule is Cc1cccc(C)c1NC(=S)N(CCN(C)C)[C@H](C)c1cccnc1. The molecule has 1 atom stereocenters. The summed E-state index contributed by atoms with van der Waals surface area (Å²) in [5.41, 5.74) is 4.65. The van der Waals surface area contributed by atoms with E-state index in [9.17, 15) is 0 Å². The molecule has 1 heterocycles. The Kier molecular flexibility index (Phi) is 6.91. The number of aromatic nitrogens is 1. The number of rotatable bonds is 6. The number of aryl methyl sites for hydroxylation is 2. The highest BCUT2D eigenvalue weighted by atomic mass is 32.1. The van der Waals surface area contributed by atoms with Gasteiger partial charge in [-0.2, -0.15) is 0 Å². The van der Waals surface area contributed by atoms with E-state index in [4.69, 9.17) is 12.2 Å². The molecule has 4 nitrogen and oxygen atoms in total. The van der Waals surface area contributed by atoms with E-state index in [1.807, 2.05) is 12.3 Å². The van der Waals surface area contributed by atoms with E-state index in [0.717, 1.165) is 29.5 Å². The summed E-state index contributed by atoms with van der Waals surface area (Å²) in [4.78, 5) is 8.66. The number of hydrogen-bond acceptors (Lipinski definition) is 3. The fraction of sp³-hybridized carbons (Fsp3) is 0.400. The lowest BCUT2D eigenvalue weighted by atomic mass is 10.1. The number of hydrogen-bond donors (Lipinski definition) is 1. The van der Waals surface area contributed by atoms with Gasteiger partial charge >= 0.3 is 0 Å². The van der Waals surface area contributed by atoms with Crippen LogP contribution in [0.15, 0.2) is 42.7 Å². The van der Waals surface area contributed by atoms with E-state index in [2.05, 4.69) is 79.2 Å². The van der Waals surface area contributed by atoms with Crippen LogP contribution in [0.3, 0.4) is 0 Å². The van der Waals surface area contributed by atoms with Crippen LogP contribution in [-0.4, -0.2) is 47.1 Å². The lowest BCUT2D eigenvalue weighted by molar-refractivity contribution is 0.289. The molecule has 0 saturated heterocycles. The number of pyridine rings is 1. The normalized spacial score (nSPS) is 12.1. The fourth-order valence-electron chi connectivity index (χ4n) is 2.77. The smallest absolute Gasteiger partial charge is 0.173 e. The van der Waals surface area contributed by atoms with Crippen molar-refractivity contribution in [3.63, 3.8) is 0 Å². The first-order valence-corrected chi connectivity index (χ1v) is 8.99. The molecule has 0 aliphatic rings. The molecule has 0 spiro atoms. The molecule has 2 rings (SSSR count). The second-order valence-electron chi connectivity index (χ2n) is 6.66. The van der Waals surface area contributed by atoms with E-state index in [0.29, 0.717) is 0 Å². The lowest BCUT2D eigenvalue weighted by Gasteiger charge is -2.33. The van der Waals surface area contributed by atoms with Crippen molar-refractivity contribution < 1.29 is 0 Å². The number of nitrogens with one attached hydrogen (secondary N) is 1. The summed E-state index contributed by atoms with van der Waals surface area (Å²) in [5, 5.41) is 4.22. The molecule has 1 N–H and O–H groups in total. The molecule has 0 amide bonds. The minimum absolute atomic E-state index is 0.151. The van der Waals surface area contributed by atoms with Gasteiger partial charge in [-0.1, -0.05) is 24.3 Å². The van der Waals surface area contributed by atoms with E-state index in [-0.39, 0.29) is 6.04 Å². The maximum absolute atomic E-state index is 5.78. The maximum atomic E-state index is 5.78. The zero-order valence-electron chi connectivity index (χ0n) is 15.8. The number of para-hydroxylation sites is 1. The molecule has 2 aromatic rings. The van der Waals surface area contributed by atoms with Crippen molar-refractivity contribution in [1.82, 2.24) is 14.8 Å². The summed E-state index contributed by atoms with van der Waals surface area (Å²) in [6.07, 6.45) is 3.71. The van der Waals surface area contributed by atoms with Crippen molar-refractivity contribution >= 4 is 23.0 Å². The predicted octanol–water partition coefficient (Wildman–Crippen LogP) is 4.02. The number of benzene rings is 1. The van der Waals surface area contributed by atoms with Crippen LogP contribution in [0.2, 0.25) is 0 Å². The van der Waals surface area contributed by atoms with Crippen molar-refractivity contribution in [3.8, 4) is 0 Å². The number of anilines is 1. The van der Waals surface area contributed by atoms with Gasteiger partial charge in [0.25, 0.3) is 0 Å². The van der Waals surface area contributed by atoms with Crippen LogP contribution in [0.4, 0.5) is 5.69 Å². The minimum atomic E-state index is 0.151. The van der Waals surface area contributed by atoms with Crippen LogP contribution in [-0.2, 0) is 0 Å². The molecule has 0 saturated carbocycles. The highest BCUT2D eigenvalue weighted by Gasteiger charge is 2.20. The molecule has 1 aromatic heterocycles. The predicted molar refractivity (Wildman–Crippen MR) is 110 cm³/mol. The van der Waals surface area contributed by atoms with Gasteiger partial charge in [0.2, 0.25) is 0 Å². The molecule has 0 radical (unpaired) electrons. The molecular weight excluding hydrogens is 328 g/mol. The molecular formula is C20H28N4S. The van der Waals surface area contributed by atoms with E-state index in [1.54, 1.807) is 6.20 Å². The molecule has 0 bridgehead atoms. The molecule has 1 aromatic carbocycles. The van der Waals surface area contributed by atoms with Crippen molar-refractivity contribution in [3.05, 3.63) is 59.4 Å². The second kappa shape index (κ2) is 8.92. The lowest BCUT2D eigenvalue weighted by Crippen LogP contribution is -2.41. The van der Waals surface area contributed by atoms with E-state index in [1.165, 1.54) is 11.1 Å². The molecule has 0 aliphatic heterocycles. The average Bonchev–Trinajstić information content (AvgIpc) is 2.59. The quantitative estimate of drug-likeness (QED) is 0.790. The summed E-state index contributed by atoms with van der Waals surface area (Å²) < 4.78 is 0. The van der Waals surface area contributed by atoms with E-state index >= 15 is 0 Å². The number of likely N-dealkylation sites (N-methyl/N-ethyl adjacent to an activating group) is 1. The molecule has 25 heavy (non-hydrogen) atoms. The highest BCUT2D eigenvalue weighted by molar-refractivity contribution is 7.80. The molecule has 134 valence electrons. The second-order valence-corrected chi connectivity index (χ2v) is 7.04. The highest BCUT2D eigenvalue weighted by Crippen LogP contribution is 2.24. The van der Waals surface area contributed by atoms with E-state index < -0.39 is 0 Å². The zero-order valence-corrected chi connectivity index (χ0v) is 16.6. The first-order valence-electron chi connectivity index (χ1n) is 8.58. The summed E-state index contributed by atoms with van der Waals surface area (Å²) in [7, 11) is 4.16. The van der Waals surface area contributed by atoms with Crippen molar-refractivity contribution in [2.75, 3.05) is 32.5 Å². The van der Waals surface area contributed by atoms with Gasteiger partial charge in [0.15, 0.2) is 5.11 Å². The van der Waals surface area contributed by atoms with Crippen molar-refractivity contribution in [1.29, 1.82) is 0 Å². The zero-order chi connectivity index (χ0) is 18.4. The van der Waals surface area contributed by atoms with Gasteiger partial charge in [-0.05, 0) is 69.8 Å². The van der Waals surface area contributed by atoms with Gasteiger partial charge in [0.05, 0.1) is 6.04 Å². The van der Waals surface area contributed by atoms with Gasteiger partial charge in [-0.15, -0.1) is 0 Å². The van der Waals surface area contributed by atoms with Crippen LogP contribution in [0.25, 0.3) is 0 Å². The van der Waals surface area contributed by atoms with Crippen LogP contribution < -0.4 is 5.32 Å². The molecule has 0 unspecified atom stereocenters. The first-order chi connectivity index (χ1) is 11.9. The Bertz CT molecular complexity index is 680. The maximum Gasteiger partial charge on any atom is 0.173 e. The summed E-state index contributed by atoms with van der Waals surface area (Å²) in [5.74, 6) is 0. The Balaban J connectivity index is 2.23. The molecule has 0 aliphatic carbocycles. The Morgan fingerprint density at radius 3 is 2.36 bits per heavy atom. The summed E-state index contributed by atoms with van der Waals surface area (Å²) in [6.45, 7) is 8.16.